The monoisotopic (exact) mass is 294 g/mol. The normalized spacial score (nSPS) is 38.2. The maximum Gasteiger partial charge on any atom is 0.309 e. The van der Waals surface area contributed by atoms with Gasteiger partial charge in [0.05, 0.1) is 5.41 Å². The van der Waals surface area contributed by atoms with E-state index < -0.39 is 11.4 Å². The zero-order valence-electron chi connectivity index (χ0n) is 14.5. The van der Waals surface area contributed by atoms with Crippen LogP contribution < -0.4 is 0 Å². The fourth-order valence-corrected chi connectivity index (χ4v) is 4.92. The van der Waals surface area contributed by atoms with E-state index in [1.165, 1.54) is 19.3 Å². The molecule has 0 aliphatic heterocycles. The topological polar surface area (TPSA) is 37.3 Å². The van der Waals surface area contributed by atoms with Gasteiger partial charge in [-0.15, -0.1) is 0 Å². The Morgan fingerprint density at radius 3 is 1.95 bits per heavy atom. The molecule has 2 fully saturated rings. The number of hydrogen-bond acceptors (Lipinski definition) is 1. The van der Waals surface area contributed by atoms with Gasteiger partial charge in [0.15, 0.2) is 0 Å². The standard InChI is InChI=1S/C19H34O2/c1-5-14-6-8-16(9-7-14)19(17(20)21)12-10-15(11-13-19)18(2,3)4/h14-16H,5-13H2,1-4H3,(H,20,21). The lowest BCUT2D eigenvalue weighted by Crippen LogP contribution is -2.44. The first-order chi connectivity index (χ1) is 9.79. The summed E-state index contributed by atoms with van der Waals surface area (Å²) in [6, 6.07) is 0. The van der Waals surface area contributed by atoms with Crippen LogP contribution in [0.3, 0.4) is 0 Å². The molecule has 0 spiro atoms. The van der Waals surface area contributed by atoms with E-state index in [1.54, 1.807) is 0 Å². The molecule has 1 N–H and O–H groups in total. The Morgan fingerprint density at radius 1 is 1.05 bits per heavy atom. The van der Waals surface area contributed by atoms with Crippen LogP contribution in [0.4, 0.5) is 0 Å². The Hall–Kier alpha value is -0.530. The molecule has 0 aromatic heterocycles. The van der Waals surface area contributed by atoms with Crippen molar-refractivity contribution in [3.63, 3.8) is 0 Å². The van der Waals surface area contributed by atoms with Crippen molar-refractivity contribution in [2.45, 2.75) is 85.5 Å². The number of rotatable bonds is 3. The Balaban J connectivity index is 2.05. The van der Waals surface area contributed by atoms with Gasteiger partial charge < -0.3 is 5.11 Å². The molecule has 2 nitrogen and oxygen atoms in total. The van der Waals surface area contributed by atoms with Crippen LogP contribution in [0.5, 0.6) is 0 Å². The number of carbonyl (C=O) groups is 1. The Labute approximate surface area is 130 Å². The highest BCUT2D eigenvalue weighted by Crippen LogP contribution is 2.53. The summed E-state index contributed by atoms with van der Waals surface area (Å²) >= 11 is 0. The van der Waals surface area contributed by atoms with E-state index in [2.05, 4.69) is 27.7 Å². The maximum absolute atomic E-state index is 12.1. The average molecular weight is 294 g/mol. The van der Waals surface area contributed by atoms with Crippen molar-refractivity contribution in [2.75, 3.05) is 0 Å². The third-order valence-electron chi connectivity index (χ3n) is 6.73. The van der Waals surface area contributed by atoms with Gasteiger partial charge in [-0.25, -0.2) is 0 Å². The number of carboxylic acids is 1. The SMILES string of the molecule is CCC1CCC(C2(C(=O)O)CCC(C(C)(C)C)CC2)CC1. The second-order valence-electron chi connectivity index (χ2n) is 8.73. The second kappa shape index (κ2) is 6.30. The highest BCUT2D eigenvalue weighted by Gasteiger charge is 2.49. The largest absolute Gasteiger partial charge is 0.481 e. The lowest BCUT2D eigenvalue weighted by molar-refractivity contribution is -0.158. The van der Waals surface area contributed by atoms with E-state index in [0.717, 1.165) is 44.4 Å². The molecule has 0 aromatic carbocycles. The van der Waals surface area contributed by atoms with Crippen LogP contribution in [0, 0.1) is 28.6 Å². The van der Waals surface area contributed by atoms with Gasteiger partial charge in [-0.3, -0.25) is 4.79 Å². The predicted molar refractivity (Wildman–Crippen MR) is 87.2 cm³/mol. The fourth-order valence-electron chi connectivity index (χ4n) is 4.92. The Morgan fingerprint density at radius 2 is 1.57 bits per heavy atom. The molecule has 21 heavy (non-hydrogen) atoms. The third kappa shape index (κ3) is 3.46. The molecule has 0 aromatic rings. The summed E-state index contributed by atoms with van der Waals surface area (Å²) in [4.78, 5) is 12.1. The van der Waals surface area contributed by atoms with Crippen LogP contribution >= 0.6 is 0 Å². The van der Waals surface area contributed by atoms with E-state index in [-0.39, 0.29) is 0 Å². The summed E-state index contributed by atoms with van der Waals surface area (Å²) in [5, 5.41) is 9.95. The van der Waals surface area contributed by atoms with Crippen molar-refractivity contribution in [2.24, 2.45) is 28.6 Å². The molecular weight excluding hydrogens is 260 g/mol. The quantitative estimate of drug-likeness (QED) is 0.745. The van der Waals surface area contributed by atoms with Crippen LogP contribution in [0.2, 0.25) is 0 Å². The summed E-state index contributed by atoms with van der Waals surface area (Å²) in [6.07, 6.45) is 10.1. The molecule has 2 aliphatic carbocycles. The molecule has 2 aliphatic rings. The summed E-state index contributed by atoms with van der Waals surface area (Å²) < 4.78 is 0. The van der Waals surface area contributed by atoms with E-state index in [1.807, 2.05) is 0 Å². The molecule has 0 saturated heterocycles. The molecule has 0 amide bonds. The van der Waals surface area contributed by atoms with Crippen molar-refractivity contribution < 1.29 is 9.90 Å². The Kier molecular flexibility index (Phi) is 5.05. The lowest BCUT2D eigenvalue weighted by atomic mass is 9.56. The summed E-state index contributed by atoms with van der Waals surface area (Å²) in [5.74, 6) is 1.46. The minimum Gasteiger partial charge on any atom is -0.481 e. The molecule has 2 heteroatoms. The van der Waals surface area contributed by atoms with Crippen molar-refractivity contribution in [1.82, 2.24) is 0 Å². The number of aliphatic carboxylic acids is 1. The highest BCUT2D eigenvalue weighted by atomic mass is 16.4. The molecule has 0 unspecified atom stereocenters. The van der Waals surface area contributed by atoms with Crippen molar-refractivity contribution in [1.29, 1.82) is 0 Å². The van der Waals surface area contributed by atoms with Gasteiger partial charge in [-0.2, -0.15) is 0 Å². The van der Waals surface area contributed by atoms with E-state index in [9.17, 15) is 9.90 Å². The highest BCUT2D eigenvalue weighted by molar-refractivity contribution is 5.75. The second-order valence-corrected chi connectivity index (χ2v) is 8.73. The smallest absolute Gasteiger partial charge is 0.309 e. The van der Waals surface area contributed by atoms with Crippen LogP contribution in [0.1, 0.15) is 85.5 Å². The van der Waals surface area contributed by atoms with E-state index in [0.29, 0.717) is 17.3 Å². The minimum absolute atomic E-state index is 0.324. The summed E-state index contributed by atoms with van der Waals surface area (Å²) in [6.45, 7) is 9.18. The first kappa shape index (κ1) is 16.8. The number of carboxylic acid groups (broad SMARTS) is 1. The van der Waals surface area contributed by atoms with Gasteiger partial charge >= 0.3 is 5.97 Å². The fraction of sp³-hybridized carbons (Fsp3) is 0.947. The Bertz CT molecular complexity index is 350. The lowest BCUT2D eigenvalue weighted by Gasteiger charge is -2.47. The molecule has 122 valence electrons. The predicted octanol–water partition coefficient (Wildman–Crippen LogP) is 5.51. The van der Waals surface area contributed by atoms with E-state index >= 15 is 0 Å². The zero-order valence-corrected chi connectivity index (χ0v) is 14.5. The van der Waals surface area contributed by atoms with Crippen molar-refractivity contribution in [3.8, 4) is 0 Å². The van der Waals surface area contributed by atoms with Gasteiger partial charge in [0.2, 0.25) is 0 Å². The first-order valence-electron chi connectivity index (χ1n) is 9.03. The zero-order chi connectivity index (χ0) is 15.7. The summed E-state index contributed by atoms with van der Waals surface area (Å²) in [5.41, 5.74) is -0.0784. The molecule has 0 bridgehead atoms. The minimum atomic E-state index is -0.505. The molecular formula is C19H34O2. The van der Waals surface area contributed by atoms with Crippen LogP contribution in [-0.2, 0) is 4.79 Å². The average Bonchev–Trinajstić information content (AvgIpc) is 2.46. The molecule has 2 rings (SSSR count). The van der Waals surface area contributed by atoms with E-state index in [4.69, 9.17) is 0 Å². The van der Waals surface area contributed by atoms with Crippen LogP contribution in [-0.4, -0.2) is 11.1 Å². The first-order valence-corrected chi connectivity index (χ1v) is 9.03. The van der Waals surface area contributed by atoms with Crippen LogP contribution in [0.25, 0.3) is 0 Å². The number of hydrogen-bond donors (Lipinski definition) is 1. The molecule has 2 saturated carbocycles. The molecule has 0 radical (unpaired) electrons. The maximum atomic E-state index is 12.1. The molecule has 0 heterocycles. The van der Waals surface area contributed by atoms with Crippen molar-refractivity contribution in [3.05, 3.63) is 0 Å². The van der Waals surface area contributed by atoms with Gasteiger partial charge in [0.1, 0.15) is 0 Å². The summed E-state index contributed by atoms with van der Waals surface area (Å²) in [7, 11) is 0. The van der Waals surface area contributed by atoms with Gasteiger partial charge in [0.25, 0.3) is 0 Å². The van der Waals surface area contributed by atoms with Gasteiger partial charge in [0, 0.05) is 0 Å². The van der Waals surface area contributed by atoms with Crippen LogP contribution in [0.15, 0.2) is 0 Å². The third-order valence-corrected chi connectivity index (χ3v) is 6.73. The van der Waals surface area contributed by atoms with Gasteiger partial charge in [-0.05, 0) is 61.7 Å². The van der Waals surface area contributed by atoms with Crippen molar-refractivity contribution >= 4 is 5.97 Å². The molecule has 0 atom stereocenters. The van der Waals surface area contributed by atoms with Gasteiger partial charge in [-0.1, -0.05) is 47.0 Å².